The Morgan fingerprint density at radius 3 is 2.60 bits per heavy atom. The molecule has 1 amide bonds. The first-order valence-corrected chi connectivity index (χ1v) is 7.01. The summed E-state index contributed by atoms with van der Waals surface area (Å²) in [5, 5.41) is 3.91. The normalized spacial score (nSPS) is 11.6. The predicted octanol–water partition coefficient (Wildman–Crippen LogP) is 2.48. The number of nitrogens with zero attached hydrogens (tertiary/aromatic N) is 1. The molecule has 0 aliphatic carbocycles. The number of rotatable bonds is 5. The van der Waals surface area contributed by atoms with E-state index < -0.39 is 0 Å². The summed E-state index contributed by atoms with van der Waals surface area (Å²) < 4.78 is 0. The fourth-order valence-electron chi connectivity index (χ4n) is 2.04. The zero-order valence-electron chi connectivity index (χ0n) is 12.0. The van der Waals surface area contributed by atoms with Crippen LogP contribution in [0.4, 0.5) is 0 Å². The maximum atomic E-state index is 12.1. The third-order valence-electron chi connectivity index (χ3n) is 3.84. The molecule has 0 bridgehead atoms. The van der Waals surface area contributed by atoms with Crippen molar-refractivity contribution in [3.8, 4) is 0 Å². The van der Waals surface area contributed by atoms with Crippen molar-refractivity contribution >= 4 is 16.8 Å². The number of para-hydroxylation sites is 1. The molecule has 0 saturated carbocycles. The van der Waals surface area contributed by atoms with Gasteiger partial charge in [-0.05, 0) is 25.0 Å². The highest BCUT2D eigenvalue weighted by Crippen LogP contribution is 2.13. The molecule has 1 aromatic heterocycles. The van der Waals surface area contributed by atoms with Gasteiger partial charge in [0.15, 0.2) is 0 Å². The maximum absolute atomic E-state index is 12.1. The van der Waals surface area contributed by atoms with Gasteiger partial charge in [-0.3, -0.25) is 4.79 Å². The molecule has 2 aromatic rings. The maximum Gasteiger partial charge on any atom is 0.269 e. The molecule has 1 heterocycles. The first-order valence-electron chi connectivity index (χ1n) is 7.01. The van der Waals surface area contributed by atoms with Crippen LogP contribution in [0.5, 0.6) is 0 Å². The first kappa shape index (κ1) is 14.5. The standard InChI is InChI=1S/C16H21N3O/c1-3-16(17,4-2)11-18-15(20)14-10-9-12-7-5-6-8-13(12)19-14/h5-10H,3-4,11,17H2,1-2H3,(H,18,20). The lowest BCUT2D eigenvalue weighted by molar-refractivity contribution is 0.0937. The minimum Gasteiger partial charge on any atom is -0.349 e. The van der Waals surface area contributed by atoms with Crippen LogP contribution in [0.25, 0.3) is 10.9 Å². The van der Waals surface area contributed by atoms with Gasteiger partial charge in [0, 0.05) is 17.5 Å². The lowest BCUT2D eigenvalue weighted by Crippen LogP contribution is -2.49. The van der Waals surface area contributed by atoms with E-state index in [4.69, 9.17) is 5.73 Å². The molecule has 1 aromatic carbocycles. The highest BCUT2D eigenvalue weighted by molar-refractivity contribution is 5.94. The van der Waals surface area contributed by atoms with Gasteiger partial charge in [0.2, 0.25) is 0 Å². The molecule has 2 rings (SSSR count). The summed E-state index contributed by atoms with van der Waals surface area (Å²) in [6.45, 7) is 4.53. The van der Waals surface area contributed by atoms with Crippen molar-refractivity contribution in [2.75, 3.05) is 6.54 Å². The van der Waals surface area contributed by atoms with Crippen LogP contribution in [0.1, 0.15) is 37.2 Å². The molecule has 0 radical (unpaired) electrons. The monoisotopic (exact) mass is 271 g/mol. The van der Waals surface area contributed by atoms with Gasteiger partial charge in [0.25, 0.3) is 5.91 Å². The summed E-state index contributed by atoms with van der Waals surface area (Å²) in [6, 6.07) is 11.4. The van der Waals surface area contributed by atoms with Gasteiger partial charge in [-0.2, -0.15) is 0 Å². The average Bonchev–Trinajstić information content (AvgIpc) is 2.51. The number of hydrogen-bond donors (Lipinski definition) is 2. The Kier molecular flexibility index (Phi) is 4.35. The van der Waals surface area contributed by atoms with Crippen LogP contribution in [-0.4, -0.2) is 23.0 Å². The zero-order valence-corrected chi connectivity index (χ0v) is 12.0. The van der Waals surface area contributed by atoms with Crippen LogP contribution in [0, 0.1) is 0 Å². The Labute approximate surface area is 119 Å². The fourth-order valence-corrected chi connectivity index (χ4v) is 2.04. The molecular weight excluding hydrogens is 250 g/mol. The van der Waals surface area contributed by atoms with E-state index in [2.05, 4.69) is 10.3 Å². The number of nitrogens with two attached hydrogens (primary N) is 1. The number of carbonyl (C=O) groups excluding carboxylic acids is 1. The third-order valence-corrected chi connectivity index (χ3v) is 3.84. The highest BCUT2D eigenvalue weighted by atomic mass is 16.1. The highest BCUT2D eigenvalue weighted by Gasteiger charge is 2.21. The Morgan fingerprint density at radius 2 is 1.90 bits per heavy atom. The van der Waals surface area contributed by atoms with Gasteiger partial charge in [0.05, 0.1) is 5.52 Å². The van der Waals surface area contributed by atoms with E-state index in [1.807, 2.05) is 44.2 Å². The second-order valence-electron chi connectivity index (χ2n) is 5.14. The van der Waals surface area contributed by atoms with E-state index in [9.17, 15) is 4.79 Å². The van der Waals surface area contributed by atoms with Gasteiger partial charge in [-0.25, -0.2) is 4.98 Å². The van der Waals surface area contributed by atoms with Gasteiger partial charge >= 0.3 is 0 Å². The smallest absolute Gasteiger partial charge is 0.269 e. The van der Waals surface area contributed by atoms with Crippen molar-refractivity contribution in [1.29, 1.82) is 0 Å². The van der Waals surface area contributed by atoms with Crippen molar-refractivity contribution in [3.63, 3.8) is 0 Å². The van der Waals surface area contributed by atoms with E-state index in [1.165, 1.54) is 0 Å². The van der Waals surface area contributed by atoms with Crippen LogP contribution in [0.2, 0.25) is 0 Å². The summed E-state index contributed by atoms with van der Waals surface area (Å²) >= 11 is 0. The molecule has 20 heavy (non-hydrogen) atoms. The molecule has 0 unspecified atom stereocenters. The Hall–Kier alpha value is -1.94. The van der Waals surface area contributed by atoms with Crippen LogP contribution in [0.15, 0.2) is 36.4 Å². The minimum absolute atomic E-state index is 0.174. The molecule has 0 spiro atoms. The SMILES string of the molecule is CCC(N)(CC)CNC(=O)c1ccc2ccccc2n1. The van der Waals surface area contributed by atoms with E-state index >= 15 is 0 Å². The summed E-state index contributed by atoms with van der Waals surface area (Å²) in [6.07, 6.45) is 1.66. The second-order valence-corrected chi connectivity index (χ2v) is 5.14. The molecule has 0 aliphatic rings. The Morgan fingerprint density at radius 1 is 1.20 bits per heavy atom. The molecule has 0 atom stereocenters. The number of fused-ring (bicyclic) bond motifs is 1. The van der Waals surface area contributed by atoms with Gasteiger partial charge in [0.1, 0.15) is 5.69 Å². The zero-order chi connectivity index (χ0) is 14.6. The third kappa shape index (κ3) is 3.14. The van der Waals surface area contributed by atoms with Crippen LogP contribution in [0.3, 0.4) is 0 Å². The van der Waals surface area contributed by atoms with Crippen molar-refractivity contribution < 1.29 is 4.79 Å². The predicted molar refractivity (Wildman–Crippen MR) is 81.6 cm³/mol. The lowest BCUT2D eigenvalue weighted by Gasteiger charge is -2.26. The number of benzene rings is 1. The summed E-state index contributed by atoms with van der Waals surface area (Å²) in [5.41, 5.74) is 7.09. The lowest BCUT2D eigenvalue weighted by atomic mass is 9.94. The Bertz CT molecular complexity index is 605. The largest absolute Gasteiger partial charge is 0.349 e. The number of aromatic nitrogens is 1. The van der Waals surface area contributed by atoms with Crippen molar-refractivity contribution in [1.82, 2.24) is 10.3 Å². The molecule has 106 valence electrons. The average molecular weight is 271 g/mol. The minimum atomic E-state index is -0.341. The molecule has 3 N–H and O–H groups in total. The molecule has 4 heteroatoms. The van der Waals surface area contributed by atoms with Gasteiger partial charge < -0.3 is 11.1 Å². The molecular formula is C16H21N3O. The van der Waals surface area contributed by atoms with E-state index in [1.54, 1.807) is 6.07 Å². The van der Waals surface area contributed by atoms with Crippen molar-refractivity contribution in [2.45, 2.75) is 32.2 Å². The number of pyridine rings is 1. The second kappa shape index (κ2) is 6.01. The molecule has 0 aliphatic heterocycles. The summed E-state index contributed by atoms with van der Waals surface area (Å²) in [7, 11) is 0. The quantitative estimate of drug-likeness (QED) is 0.878. The van der Waals surface area contributed by atoms with Crippen LogP contribution >= 0.6 is 0 Å². The number of nitrogens with one attached hydrogen (secondary N) is 1. The summed E-state index contributed by atoms with van der Waals surface area (Å²) in [5.74, 6) is -0.174. The van der Waals surface area contributed by atoms with Crippen molar-refractivity contribution in [2.24, 2.45) is 5.73 Å². The fraction of sp³-hybridized carbons (Fsp3) is 0.375. The summed E-state index contributed by atoms with van der Waals surface area (Å²) in [4.78, 5) is 16.5. The van der Waals surface area contributed by atoms with E-state index in [0.29, 0.717) is 12.2 Å². The van der Waals surface area contributed by atoms with E-state index in [-0.39, 0.29) is 11.4 Å². The number of carbonyl (C=O) groups is 1. The number of amides is 1. The van der Waals surface area contributed by atoms with Crippen LogP contribution < -0.4 is 11.1 Å². The van der Waals surface area contributed by atoms with Gasteiger partial charge in [-0.1, -0.05) is 38.1 Å². The first-order chi connectivity index (χ1) is 9.58. The molecule has 0 saturated heterocycles. The molecule has 4 nitrogen and oxygen atoms in total. The van der Waals surface area contributed by atoms with Gasteiger partial charge in [-0.15, -0.1) is 0 Å². The Balaban J connectivity index is 2.11. The molecule has 0 fully saturated rings. The van der Waals surface area contributed by atoms with Crippen LogP contribution in [-0.2, 0) is 0 Å². The topological polar surface area (TPSA) is 68.0 Å². The van der Waals surface area contributed by atoms with Crippen molar-refractivity contribution in [3.05, 3.63) is 42.1 Å². The van der Waals surface area contributed by atoms with E-state index in [0.717, 1.165) is 23.7 Å². The number of hydrogen-bond acceptors (Lipinski definition) is 3.